The van der Waals surface area contributed by atoms with E-state index >= 15 is 0 Å². The summed E-state index contributed by atoms with van der Waals surface area (Å²) in [5.41, 5.74) is 1.52. The van der Waals surface area contributed by atoms with Gasteiger partial charge in [-0.15, -0.1) is 12.6 Å². The van der Waals surface area contributed by atoms with Crippen LogP contribution in [0, 0.1) is 0 Å². The first kappa shape index (κ1) is 14.9. The molecule has 20 heavy (non-hydrogen) atoms. The van der Waals surface area contributed by atoms with Gasteiger partial charge in [-0.2, -0.15) is 0 Å². The standard InChI is InChI=1S/C15H15ClN2OS/c1-2-18(10-11-5-7-17-8-6-11)15(19)13-9-12(20)3-4-14(13)16/h3-9,20H,2,10H2,1H3. The van der Waals surface area contributed by atoms with Gasteiger partial charge in [-0.3, -0.25) is 9.78 Å². The highest BCUT2D eigenvalue weighted by atomic mass is 35.5. The molecule has 2 rings (SSSR count). The molecular formula is C15H15ClN2OS. The number of pyridine rings is 1. The highest BCUT2D eigenvalue weighted by Gasteiger charge is 2.17. The minimum absolute atomic E-state index is 0.0924. The Morgan fingerprint density at radius 1 is 1.30 bits per heavy atom. The lowest BCUT2D eigenvalue weighted by Crippen LogP contribution is -2.30. The number of aromatic nitrogens is 1. The molecule has 1 aromatic carbocycles. The summed E-state index contributed by atoms with van der Waals surface area (Å²) in [4.78, 5) is 19.0. The van der Waals surface area contributed by atoms with E-state index in [9.17, 15) is 4.79 Å². The van der Waals surface area contributed by atoms with Crippen molar-refractivity contribution >= 4 is 30.1 Å². The smallest absolute Gasteiger partial charge is 0.255 e. The molecule has 0 aliphatic carbocycles. The van der Waals surface area contributed by atoms with Gasteiger partial charge in [-0.1, -0.05) is 11.6 Å². The zero-order valence-electron chi connectivity index (χ0n) is 11.1. The van der Waals surface area contributed by atoms with Gasteiger partial charge in [0.1, 0.15) is 0 Å². The predicted octanol–water partition coefficient (Wildman–Crippen LogP) is 3.69. The summed E-state index contributed by atoms with van der Waals surface area (Å²) in [7, 11) is 0. The molecule has 1 amide bonds. The second-order valence-corrected chi connectivity index (χ2v) is 5.26. The first-order chi connectivity index (χ1) is 9.61. The maximum Gasteiger partial charge on any atom is 0.255 e. The summed E-state index contributed by atoms with van der Waals surface area (Å²) in [6, 6.07) is 8.95. The SMILES string of the molecule is CCN(Cc1ccncc1)C(=O)c1cc(S)ccc1Cl. The second kappa shape index (κ2) is 6.77. The largest absolute Gasteiger partial charge is 0.335 e. The van der Waals surface area contributed by atoms with Crippen molar-refractivity contribution in [3.8, 4) is 0 Å². The Hall–Kier alpha value is -1.52. The topological polar surface area (TPSA) is 33.2 Å². The molecule has 0 saturated heterocycles. The summed E-state index contributed by atoms with van der Waals surface area (Å²) in [6.45, 7) is 3.08. The Morgan fingerprint density at radius 2 is 2.00 bits per heavy atom. The number of thiol groups is 1. The van der Waals surface area contributed by atoms with E-state index in [0.29, 0.717) is 23.7 Å². The quantitative estimate of drug-likeness (QED) is 0.874. The van der Waals surface area contributed by atoms with Crippen molar-refractivity contribution < 1.29 is 4.79 Å². The van der Waals surface area contributed by atoms with Crippen LogP contribution >= 0.6 is 24.2 Å². The molecule has 0 aliphatic rings. The molecule has 0 fully saturated rings. The molecule has 2 aromatic rings. The molecule has 0 radical (unpaired) electrons. The average molecular weight is 307 g/mol. The van der Waals surface area contributed by atoms with E-state index in [4.69, 9.17) is 11.6 Å². The third-order valence-corrected chi connectivity index (χ3v) is 3.58. The number of carbonyl (C=O) groups is 1. The number of benzene rings is 1. The van der Waals surface area contributed by atoms with Crippen LogP contribution in [-0.4, -0.2) is 22.3 Å². The fourth-order valence-corrected chi connectivity index (χ4v) is 2.29. The van der Waals surface area contributed by atoms with Gasteiger partial charge < -0.3 is 4.90 Å². The number of rotatable bonds is 4. The molecule has 104 valence electrons. The van der Waals surface area contributed by atoms with E-state index < -0.39 is 0 Å². The highest BCUT2D eigenvalue weighted by molar-refractivity contribution is 7.80. The third-order valence-electron chi connectivity index (χ3n) is 2.97. The van der Waals surface area contributed by atoms with E-state index in [-0.39, 0.29) is 5.91 Å². The zero-order valence-corrected chi connectivity index (χ0v) is 12.7. The Kier molecular flexibility index (Phi) is 5.04. The van der Waals surface area contributed by atoms with Gasteiger partial charge in [0.25, 0.3) is 5.91 Å². The maximum absolute atomic E-state index is 12.5. The maximum atomic E-state index is 12.5. The summed E-state index contributed by atoms with van der Waals surface area (Å²) >= 11 is 10.4. The summed E-state index contributed by atoms with van der Waals surface area (Å²) in [6.07, 6.45) is 3.43. The first-order valence-electron chi connectivity index (χ1n) is 6.28. The fourth-order valence-electron chi connectivity index (χ4n) is 1.88. The lowest BCUT2D eigenvalue weighted by atomic mass is 10.1. The lowest BCUT2D eigenvalue weighted by Gasteiger charge is -2.21. The minimum Gasteiger partial charge on any atom is -0.335 e. The van der Waals surface area contributed by atoms with Crippen molar-refractivity contribution in [1.82, 2.24) is 9.88 Å². The van der Waals surface area contributed by atoms with Crippen LogP contribution in [0.3, 0.4) is 0 Å². The fraction of sp³-hybridized carbons (Fsp3) is 0.200. The van der Waals surface area contributed by atoms with Gasteiger partial charge in [-0.05, 0) is 42.8 Å². The van der Waals surface area contributed by atoms with Crippen molar-refractivity contribution in [1.29, 1.82) is 0 Å². The minimum atomic E-state index is -0.0924. The number of nitrogens with zero attached hydrogens (tertiary/aromatic N) is 2. The van der Waals surface area contributed by atoms with E-state index in [0.717, 1.165) is 10.5 Å². The molecule has 0 spiro atoms. The Labute approximate surface area is 129 Å². The van der Waals surface area contributed by atoms with Crippen LogP contribution in [-0.2, 0) is 6.54 Å². The van der Waals surface area contributed by atoms with Crippen LogP contribution in [0.4, 0.5) is 0 Å². The van der Waals surface area contributed by atoms with Gasteiger partial charge in [-0.25, -0.2) is 0 Å². The molecule has 0 saturated carbocycles. The molecule has 0 N–H and O–H groups in total. The van der Waals surface area contributed by atoms with Crippen molar-refractivity contribution in [3.63, 3.8) is 0 Å². The van der Waals surface area contributed by atoms with Crippen LogP contribution in [0.1, 0.15) is 22.8 Å². The van der Waals surface area contributed by atoms with Gasteiger partial charge in [0.05, 0.1) is 10.6 Å². The third kappa shape index (κ3) is 3.52. The summed E-state index contributed by atoms with van der Waals surface area (Å²) < 4.78 is 0. The number of carbonyl (C=O) groups excluding carboxylic acids is 1. The summed E-state index contributed by atoms with van der Waals surface area (Å²) in [5.74, 6) is -0.0924. The lowest BCUT2D eigenvalue weighted by molar-refractivity contribution is 0.0752. The highest BCUT2D eigenvalue weighted by Crippen LogP contribution is 2.22. The molecule has 1 heterocycles. The van der Waals surface area contributed by atoms with Crippen LogP contribution in [0.2, 0.25) is 5.02 Å². The van der Waals surface area contributed by atoms with Crippen LogP contribution in [0.15, 0.2) is 47.6 Å². The Morgan fingerprint density at radius 3 is 2.65 bits per heavy atom. The normalized spacial score (nSPS) is 10.3. The van der Waals surface area contributed by atoms with Gasteiger partial charge in [0.2, 0.25) is 0 Å². The zero-order chi connectivity index (χ0) is 14.5. The van der Waals surface area contributed by atoms with Gasteiger partial charge >= 0.3 is 0 Å². The Bertz CT molecular complexity index is 604. The number of hydrogen-bond acceptors (Lipinski definition) is 3. The monoisotopic (exact) mass is 306 g/mol. The van der Waals surface area contributed by atoms with E-state index in [1.807, 2.05) is 19.1 Å². The van der Waals surface area contributed by atoms with Gasteiger partial charge in [0, 0.05) is 30.4 Å². The molecule has 0 aliphatic heterocycles. The number of hydrogen-bond donors (Lipinski definition) is 1. The van der Waals surface area contributed by atoms with E-state index in [1.54, 1.807) is 35.5 Å². The van der Waals surface area contributed by atoms with Gasteiger partial charge in [0.15, 0.2) is 0 Å². The average Bonchev–Trinajstić information content (AvgIpc) is 2.47. The van der Waals surface area contributed by atoms with Crippen LogP contribution < -0.4 is 0 Å². The number of amides is 1. The molecular weight excluding hydrogens is 292 g/mol. The van der Waals surface area contributed by atoms with Crippen molar-refractivity contribution in [2.45, 2.75) is 18.4 Å². The predicted molar refractivity (Wildman–Crippen MR) is 83.4 cm³/mol. The van der Waals surface area contributed by atoms with Crippen molar-refractivity contribution in [2.75, 3.05) is 6.54 Å². The molecule has 0 unspecified atom stereocenters. The molecule has 3 nitrogen and oxygen atoms in total. The molecule has 0 bridgehead atoms. The van der Waals surface area contributed by atoms with Crippen molar-refractivity contribution in [3.05, 3.63) is 58.9 Å². The molecule has 5 heteroatoms. The Balaban J connectivity index is 2.23. The number of halogens is 1. The molecule has 0 atom stereocenters. The van der Waals surface area contributed by atoms with Crippen LogP contribution in [0.25, 0.3) is 0 Å². The second-order valence-electron chi connectivity index (χ2n) is 4.34. The van der Waals surface area contributed by atoms with Crippen LogP contribution in [0.5, 0.6) is 0 Å². The summed E-state index contributed by atoms with van der Waals surface area (Å²) in [5, 5.41) is 0.445. The van der Waals surface area contributed by atoms with Crippen molar-refractivity contribution in [2.24, 2.45) is 0 Å². The molecule has 1 aromatic heterocycles. The van der Waals surface area contributed by atoms with E-state index in [1.165, 1.54) is 0 Å². The first-order valence-corrected chi connectivity index (χ1v) is 7.11. The van der Waals surface area contributed by atoms with E-state index in [2.05, 4.69) is 17.6 Å².